The molecule has 0 saturated carbocycles. The van der Waals surface area contributed by atoms with Crippen LogP contribution in [0.1, 0.15) is 41.0 Å². The van der Waals surface area contributed by atoms with Gasteiger partial charge in [0.15, 0.2) is 11.6 Å². The summed E-state index contributed by atoms with van der Waals surface area (Å²) in [5.41, 5.74) is 0.917. The van der Waals surface area contributed by atoms with Crippen molar-refractivity contribution in [1.29, 1.82) is 0 Å². The normalized spacial score (nSPS) is 13.3. The first-order chi connectivity index (χ1) is 12.0. The second-order valence-electron chi connectivity index (χ2n) is 6.41. The fraction of sp³-hybridized carbons (Fsp3) is 0.333. The quantitative estimate of drug-likeness (QED) is 0.743. The van der Waals surface area contributed by atoms with Crippen LogP contribution in [0.15, 0.2) is 54.6 Å². The Morgan fingerprint density at radius 2 is 1.60 bits per heavy atom. The van der Waals surface area contributed by atoms with Crippen molar-refractivity contribution >= 4 is 11.6 Å². The van der Waals surface area contributed by atoms with Crippen LogP contribution in [0.2, 0.25) is 0 Å². The molecule has 0 aromatic heterocycles. The van der Waals surface area contributed by atoms with Crippen LogP contribution in [0.4, 0.5) is 0 Å². The van der Waals surface area contributed by atoms with E-state index in [9.17, 15) is 14.7 Å². The maximum atomic E-state index is 12.7. The molecule has 0 fully saturated rings. The standard InChI is InChI=1S/C21H24O4/c1-14(2)17(13-18(22)15-9-5-4-6-10-15)21(24)20(23)16-11-7-8-12-19(16)25-3/h4-12,14,17,21,24H,13H2,1-3H3/t17-,21-/m1/s1. The number of rotatable bonds is 8. The van der Waals surface area contributed by atoms with Gasteiger partial charge in [0.2, 0.25) is 0 Å². The molecule has 2 atom stereocenters. The molecule has 2 rings (SSSR count). The van der Waals surface area contributed by atoms with Gasteiger partial charge in [-0.3, -0.25) is 9.59 Å². The topological polar surface area (TPSA) is 63.6 Å². The summed E-state index contributed by atoms with van der Waals surface area (Å²) in [7, 11) is 1.48. The number of aliphatic hydroxyl groups is 1. The Morgan fingerprint density at radius 1 is 1.00 bits per heavy atom. The number of methoxy groups -OCH3 is 1. The zero-order chi connectivity index (χ0) is 18.4. The summed E-state index contributed by atoms with van der Waals surface area (Å²) in [6.07, 6.45) is -1.15. The number of benzene rings is 2. The first-order valence-corrected chi connectivity index (χ1v) is 8.39. The maximum Gasteiger partial charge on any atom is 0.195 e. The monoisotopic (exact) mass is 340 g/mol. The lowest BCUT2D eigenvalue weighted by Gasteiger charge is -2.25. The molecular formula is C21H24O4. The van der Waals surface area contributed by atoms with Crippen molar-refractivity contribution in [3.8, 4) is 5.75 Å². The van der Waals surface area contributed by atoms with Crippen LogP contribution in [0.3, 0.4) is 0 Å². The Kier molecular flexibility index (Phi) is 6.48. The number of ether oxygens (including phenoxy) is 1. The summed E-state index contributed by atoms with van der Waals surface area (Å²) in [5.74, 6) is -0.571. The summed E-state index contributed by atoms with van der Waals surface area (Å²) in [4.78, 5) is 25.2. The van der Waals surface area contributed by atoms with E-state index in [0.717, 1.165) is 0 Å². The minimum Gasteiger partial charge on any atom is -0.496 e. The Balaban J connectivity index is 2.21. The van der Waals surface area contributed by atoms with Gasteiger partial charge in [-0.1, -0.05) is 56.3 Å². The minimum absolute atomic E-state index is 0.0266. The Hall–Kier alpha value is -2.46. The van der Waals surface area contributed by atoms with E-state index in [0.29, 0.717) is 16.9 Å². The van der Waals surface area contributed by atoms with Crippen molar-refractivity contribution in [1.82, 2.24) is 0 Å². The van der Waals surface area contributed by atoms with E-state index in [2.05, 4.69) is 0 Å². The molecule has 1 N–H and O–H groups in total. The molecule has 4 heteroatoms. The summed E-state index contributed by atoms with van der Waals surface area (Å²) in [5, 5.41) is 10.7. The zero-order valence-corrected chi connectivity index (χ0v) is 14.8. The van der Waals surface area contributed by atoms with Crippen LogP contribution in [0.25, 0.3) is 0 Å². The molecule has 0 bridgehead atoms. The van der Waals surface area contributed by atoms with Crippen molar-refractivity contribution in [2.75, 3.05) is 7.11 Å². The molecule has 0 saturated heterocycles. The van der Waals surface area contributed by atoms with Crippen molar-refractivity contribution in [2.24, 2.45) is 11.8 Å². The number of hydrogen-bond acceptors (Lipinski definition) is 4. The van der Waals surface area contributed by atoms with Crippen LogP contribution in [0.5, 0.6) is 5.75 Å². The number of para-hydroxylation sites is 1. The lowest BCUT2D eigenvalue weighted by molar-refractivity contribution is 0.0482. The van der Waals surface area contributed by atoms with E-state index in [1.807, 2.05) is 19.9 Å². The van der Waals surface area contributed by atoms with Gasteiger partial charge < -0.3 is 9.84 Å². The highest BCUT2D eigenvalue weighted by atomic mass is 16.5. The molecule has 0 radical (unpaired) electrons. The lowest BCUT2D eigenvalue weighted by Crippen LogP contribution is -2.34. The Morgan fingerprint density at radius 3 is 2.20 bits per heavy atom. The minimum atomic E-state index is -1.26. The first kappa shape index (κ1) is 18.9. The molecule has 0 amide bonds. The highest BCUT2D eigenvalue weighted by Gasteiger charge is 2.32. The molecule has 132 valence electrons. The highest BCUT2D eigenvalue weighted by molar-refractivity contribution is 6.02. The molecule has 0 heterocycles. The van der Waals surface area contributed by atoms with Gasteiger partial charge in [-0.05, 0) is 18.1 Å². The number of hydrogen-bond donors (Lipinski definition) is 1. The third kappa shape index (κ3) is 4.54. The average molecular weight is 340 g/mol. The van der Waals surface area contributed by atoms with Gasteiger partial charge in [0, 0.05) is 17.9 Å². The van der Waals surface area contributed by atoms with Gasteiger partial charge in [-0.2, -0.15) is 0 Å². The first-order valence-electron chi connectivity index (χ1n) is 8.39. The predicted molar refractivity (Wildman–Crippen MR) is 97.0 cm³/mol. The molecular weight excluding hydrogens is 316 g/mol. The average Bonchev–Trinajstić information content (AvgIpc) is 2.65. The summed E-state index contributed by atoms with van der Waals surface area (Å²) >= 11 is 0. The Bertz CT molecular complexity index is 722. The maximum absolute atomic E-state index is 12.7. The molecule has 2 aromatic rings. The van der Waals surface area contributed by atoms with Crippen LogP contribution >= 0.6 is 0 Å². The fourth-order valence-electron chi connectivity index (χ4n) is 2.87. The largest absolute Gasteiger partial charge is 0.496 e. The van der Waals surface area contributed by atoms with Gasteiger partial charge in [0.25, 0.3) is 0 Å². The van der Waals surface area contributed by atoms with Crippen molar-refractivity contribution in [3.63, 3.8) is 0 Å². The van der Waals surface area contributed by atoms with Crippen molar-refractivity contribution in [3.05, 3.63) is 65.7 Å². The summed E-state index contributed by atoms with van der Waals surface area (Å²) in [6, 6.07) is 15.7. The molecule has 0 spiro atoms. The van der Waals surface area contributed by atoms with Gasteiger partial charge in [0.05, 0.1) is 12.7 Å². The zero-order valence-electron chi connectivity index (χ0n) is 14.8. The van der Waals surface area contributed by atoms with E-state index in [4.69, 9.17) is 4.74 Å². The van der Waals surface area contributed by atoms with Crippen molar-refractivity contribution in [2.45, 2.75) is 26.4 Å². The summed E-state index contributed by atoms with van der Waals surface area (Å²) in [6.45, 7) is 3.81. The molecule has 4 nitrogen and oxygen atoms in total. The van der Waals surface area contributed by atoms with Gasteiger partial charge in [-0.15, -0.1) is 0 Å². The number of Topliss-reactive ketones (excluding diaryl/α,β-unsaturated/α-hetero) is 2. The van der Waals surface area contributed by atoms with Crippen LogP contribution in [0, 0.1) is 11.8 Å². The van der Waals surface area contributed by atoms with E-state index in [1.165, 1.54) is 7.11 Å². The van der Waals surface area contributed by atoms with E-state index < -0.39 is 17.8 Å². The number of aliphatic hydroxyl groups excluding tert-OH is 1. The number of ketones is 2. The second-order valence-corrected chi connectivity index (χ2v) is 6.41. The van der Waals surface area contributed by atoms with Crippen molar-refractivity contribution < 1.29 is 19.4 Å². The van der Waals surface area contributed by atoms with Crippen LogP contribution in [-0.2, 0) is 0 Å². The third-order valence-electron chi connectivity index (χ3n) is 4.42. The second kappa shape index (κ2) is 8.58. The lowest BCUT2D eigenvalue weighted by atomic mass is 9.81. The van der Waals surface area contributed by atoms with E-state index in [-0.39, 0.29) is 18.1 Å². The van der Waals surface area contributed by atoms with Gasteiger partial charge in [0.1, 0.15) is 11.9 Å². The SMILES string of the molecule is COc1ccccc1C(=O)[C@H](O)[C@H](CC(=O)c1ccccc1)C(C)C. The number of carbonyl (C=O) groups excluding carboxylic acids is 2. The van der Waals surface area contributed by atoms with E-state index in [1.54, 1.807) is 48.5 Å². The highest BCUT2D eigenvalue weighted by Crippen LogP contribution is 2.27. The summed E-state index contributed by atoms with van der Waals surface area (Å²) < 4.78 is 5.21. The molecule has 25 heavy (non-hydrogen) atoms. The van der Waals surface area contributed by atoms with Crippen LogP contribution < -0.4 is 4.74 Å². The predicted octanol–water partition coefficient (Wildman–Crippen LogP) is 3.78. The number of carbonyl (C=O) groups is 2. The molecule has 0 aliphatic heterocycles. The molecule has 0 aliphatic rings. The fourth-order valence-corrected chi connectivity index (χ4v) is 2.87. The molecule has 0 aliphatic carbocycles. The smallest absolute Gasteiger partial charge is 0.195 e. The molecule has 0 unspecified atom stereocenters. The van der Waals surface area contributed by atoms with Gasteiger partial charge in [-0.25, -0.2) is 0 Å². The third-order valence-corrected chi connectivity index (χ3v) is 4.42. The Labute approximate surface area is 148 Å². The molecule has 2 aromatic carbocycles. The van der Waals surface area contributed by atoms with E-state index >= 15 is 0 Å². The van der Waals surface area contributed by atoms with Gasteiger partial charge >= 0.3 is 0 Å². The van der Waals surface area contributed by atoms with Crippen LogP contribution in [-0.4, -0.2) is 29.9 Å².